The van der Waals surface area contributed by atoms with Gasteiger partial charge >= 0.3 is 5.97 Å². The summed E-state index contributed by atoms with van der Waals surface area (Å²) in [6.07, 6.45) is 6.41. The van der Waals surface area contributed by atoms with E-state index >= 15 is 0 Å². The van der Waals surface area contributed by atoms with E-state index < -0.39 is 5.97 Å². The van der Waals surface area contributed by atoms with Crippen LogP contribution in [0.5, 0.6) is 0 Å². The highest BCUT2D eigenvalue weighted by Gasteiger charge is 2.12. The fourth-order valence-corrected chi connectivity index (χ4v) is 1.27. The molecule has 0 aliphatic carbocycles. The van der Waals surface area contributed by atoms with E-state index in [0.29, 0.717) is 11.1 Å². The summed E-state index contributed by atoms with van der Waals surface area (Å²) in [5.74, 6) is 4.55. The highest BCUT2D eigenvalue weighted by molar-refractivity contribution is 5.93. The molecule has 0 fully saturated rings. The Kier molecular flexibility index (Phi) is 8.26. The van der Waals surface area contributed by atoms with Gasteiger partial charge in [0.1, 0.15) is 0 Å². The molecule has 0 bridgehead atoms. The van der Waals surface area contributed by atoms with Crippen molar-refractivity contribution in [3.63, 3.8) is 0 Å². The third kappa shape index (κ3) is 5.47. The number of rotatable bonds is 7. The van der Waals surface area contributed by atoms with Gasteiger partial charge in [0, 0.05) is 0 Å². The molecule has 0 aromatic carbocycles. The van der Waals surface area contributed by atoms with Crippen LogP contribution in [0.2, 0.25) is 0 Å². The van der Waals surface area contributed by atoms with Crippen LogP contribution in [0.1, 0.15) is 6.92 Å². The first-order valence-electron chi connectivity index (χ1n) is 5.23. The van der Waals surface area contributed by atoms with Gasteiger partial charge in [-0.2, -0.15) is 0 Å². The molecule has 0 saturated heterocycles. The van der Waals surface area contributed by atoms with Crippen molar-refractivity contribution >= 4 is 5.97 Å². The molecule has 0 amide bonds. The summed E-state index contributed by atoms with van der Waals surface area (Å²) in [4.78, 5) is 16.1. The summed E-state index contributed by atoms with van der Waals surface area (Å²) in [6.45, 7) is 5.56. The molecular formula is C13H19NO4. The van der Waals surface area contributed by atoms with Crippen LogP contribution >= 0.6 is 0 Å². The highest BCUT2D eigenvalue weighted by Crippen LogP contribution is 2.14. The number of carbonyl (C=O) groups excluding carboxylic acids is 1. The Hall–Kier alpha value is -1.85. The normalized spacial score (nSPS) is 13.2. The standard InChI is InChI=1S/C13H19NO4/c1-5-6-11(8-18-14)7-10(2)12(9-16-3)13(15)17-4/h5-7,9H,1,8,14H2,2-4H3/b10-7+,11-6+,12-9+. The zero-order chi connectivity index (χ0) is 14.0. The van der Waals surface area contributed by atoms with Crippen molar-refractivity contribution in [1.29, 1.82) is 0 Å². The van der Waals surface area contributed by atoms with E-state index in [0.717, 1.165) is 5.57 Å². The fraction of sp³-hybridized carbons (Fsp3) is 0.308. The van der Waals surface area contributed by atoms with E-state index in [1.807, 2.05) is 0 Å². The van der Waals surface area contributed by atoms with E-state index in [1.165, 1.54) is 20.5 Å². The second-order valence-corrected chi connectivity index (χ2v) is 3.37. The van der Waals surface area contributed by atoms with Gasteiger partial charge in [-0.05, 0) is 18.1 Å². The molecule has 100 valence electrons. The second-order valence-electron chi connectivity index (χ2n) is 3.37. The van der Waals surface area contributed by atoms with Gasteiger partial charge in [-0.1, -0.05) is 24.8 Å². The molecule has 0 radical (unpaired) electrons. The van der Waals surface area contributed by atoms with Crippen LogP contribution in [0.25, 0.3) is 0 Å². The molecular weight excluding hydrogens is 234 g/mol. The molecule has 0 aliphatic heterocycles. The molecule has 0 unspecified atom stereocenters. The number of allylic oxidation sites excluding steroid dienone is 2. The Bertz CT molecular complexity index is 380. The molecule has 5 heteroatoms. The Morgan fingerprint density at radius 1 is 1.39 bits per heavy atom. The molecule has 0 saturated carbocycles. The lowest BCUT2D eigenvalue weighted by atomic mass is 10.1. The predicted molar refractivity (Wildman–Crippen MR) is 69.3 cm³/mol. The first-order valence-corrected chi connectivity index (χ1v) is 5.23. The minimum Gasteiger partial charge on any atom is -0.503 e. The van der Waals surface area contributed by atoms with Crippen molar-refractivity contribution in [2.24, 2.45) is 5.90 Å². The molecule has 0 atom stereocenters. The Labute approximate surface area is 107 Å². The van der Waals surface area contributed by atoms with Crippen LogP contribution in [0.4, 0.5) is 0 Å². The van der Waals surface area contributed by atoms with Crippen molar-refractivity contribution < 1.29 is 19.1 Å². The first-order chi connectivity index (χ1) is 8.60. The van der Waals surface area contributed by atoms with E-state index in [1.54, 1.807) is 25.2 Å². The van der Waals surface area contributed by atoms with Gasteiger partial charge in [0.05, 0.1) is 32.7 Å². The average molecular weight is 253 g/mol. The van der Waals surface area contributed by atoms with Gasteiger partial charge in [-0.3, -0.25) is 4.84 Å². The quantitative estimate of drug-likeness (QED) is 0.245. The van der Waals surface area contributed by atoms with Gasteiger partial charge in [-0.25, -0.2) is 10.7 Å². The largest absolute Gasteiger partial charge is 0.503 e. The van der Waals surface area contributed by atoms with E-state index in [2.05, 4.69) is 16.2 Å². The van der Waals surface area contributed by atoms with E-state index in [-0.39, 0.29) is 6.61 Å². The highest BCUT2D eigenvalue weighted by atomic mass is 16.6. The van der Waals surface area contributed by atoms with Crippen LogP contribution in [-0.4, -0.2) is 26.8 Å². The number of esters is 1. The lowest BCUT2D eigenvalue weighted by Crippen LogP contribution is -2.08. The summed E-state index contributed by atoms with van der Waals surface area (Å²) in [6, 6.07) is 0. The number of carbonyl (C=O) groups is 1. The van der Waals surface area contributed by atoms with Crippen molar-refractivity contribution in [3.05, 3.63) is 47.8 Å². The number of methoxy groups -OCH3 is 2. The molecule has 0 aromatic heterocycles. The average Bonchev–Trinajstić information content (AvgIpc) is 2.35. The fourth-order valence-electron chi connectivity index (χ4n) is 1.27. The maximum absolute atomic E-state index is 11.5. The monoisotopic (exact) mass is 253 g/mol. The number of hydrogen-bond donors (Lipinski definition) is 1. The van der Waals surface area contributed by atoms with Gasteiger partial charge < -0.3 is 9.47 Å². The summed E-state index contributed by atoms with van der Waals surface area (Å²) in [5, 5.41) is 0. The molecule has 0 aromatic rings. The van der Waals surface area contributed by atoms with Crippen molar-refractivity contribution in [2.75, 3.05) is 20.8 Å². The zero-order valence-electron chi connectivity index (χ0n) is 10.9. The predicted octanol–water partition coefficient (Wildman–Crippen LogP) is 1.64. The number of ether oxygens (including phenoxy) is 2. The summed E-state index contributed by atoms with van der Waals surface area (Å²) < 4.78 is 9.51. The van der Waals surface area contributed by atoms with Gasteiger partial charge in [-0.15, -0.1) is 0 Å². The lowest BCUT2D eigenvalue weighted by Gasteiger charge is -2.07. The molecule has 18 heavy (non-hydrogen) atoms. The Morgan fingerprint density at radius 3 is 2.50 bits per heavy atom. The zero-order valence-corrected chi connectivity index (χ0v) is 10.9. The van der Waals surface area contributed by atoms with Crippen LogP contribution in [-0.2, 0) is 19.1 Å². The molecule has 2 N–H and O–H groups in total. The van der Waals surface area contributed by atoms with Crippen LogP contribution in [0.15, 0.2) is 47.8 Å². The van der Waals surface area contributed by atoms with Gasteiger partial charge in [0.25, 0.3) is 0 Å². The Balaban J connectivity index is 5.23. The number of hydrogen-bond acceptors (Lipinski definition) is 5. The number of nitrogens with two attached hydrogens (primary N) is 1. The molecule has 0 heterocycles. The SMILES string of the molecule is C=C\C=C(/C=C(C)/C(=C\OC)C(=O)OC)CON. The summed E-state index contributed by atoms with van der Waals surface area (Å²) >= 11 is 0. The minimum atomic E-state index is -0.475. The van der Waals surface area contributed by atoms with Gasteiger partial charge in [0.2, 0.25) is 0 Å². The molecule has 0 spiro atoms. The van der Waals surface area contributed by atoms with Crippen LogP contribution in [0, 0.1) is 0 Å². The maximum atomic E-state index is 11.5. The third-order valence-corrected chi connectivity index (χ3v) is 2.05. The van der Waals surface area contributed by atoms with Crippen molar-refractivity contribution in [1.82, 2.24) is 0 Å². The second kappa shape index (κ2) is 9.21. The van der Waals surface area contributed by atoms with Crippen LogP contribution in [0.3, 0.4) is 0 Å². The summed E-state index contributed by atoms with van der Waals surface area (Å²) in [5.41, 5.74) is 1.77. The smallest absolute Gasteiger partial charge is 0.341 e. The topological polar surface area (TPSA) is 70.8 Å². The summed E-state index contributed by atoms with van der Waals surface area (Å²) in [7, 11) is 2.77. The molecule has 5 nitrogen and oxygen atoms in total. The maximum Gasteiger partial charge on any atom is 0.341 e. The van der Waals surface area contributed by atoms with Crippen LogP contribution < -0.4 is 5.90 Å². The van der Waals surface area contributed by atoms with E-state index in [4.69, 9.17) is 10.6 Å². The first kappa shape index (κ1) is 16.1. The van der Waals surface area contributed by atoms with E-state index in [9.17, 15) is 4.79 Å². The van der Waals surface area contributed by atoms with Gasteiger partial charge in [0.15, 0.2) is 0 Å². The lowest BCUT2D eigenvalue weighted by molar-refractivity contribution is -0.135. The third-order valence-electron chi connectivity index (χ3n) is 2.05. The Morgan fingerprint density at radius 2 is 2.06 bits per heavy atom. The van der Waals surface area contributed by atoms with Crippen molar-refractivity contribution in [2.45, 2.75) is 6.92 Å². The van der Waals surface area contributed by atoms with Crippen molar-refractivity contribution in [3.8, 4) is 0 Å². The minimum absolute atomic E-state index is 0.213. The molecule has 0 rings (SSSR count). The molecule has 0 aliphatic rings.